The van der Waals surface area contributed by atoms with Gasteiger partial charge in [0.25, 0.3) is 0 Å². The van der Waals surface area contributed by atoms with Gasteiger partial charge >= 0.3 is 0 Å². The summed E-state index contributed by atoms with van der Waals surface area (Å²) >= 11 is 0. The Hall–Kier alpha value is -1.49. The molecule has 5 heteroatoms. The number of benzene rings is 1. The Balaban J connectivity index is 1.89. The monoisotopic (exact) mass is 325 g/mol. The Morgan fingerprint density at radius 2 is 1.91 bits per heavy atom. The SMILES string of the molecule is CC(O)CC(CNC(=O)C1CCC(F)(F)CC1)c1ccccc1. The summed E-state index contributed by atoms with van der Waals surface area (Å²) in [6.45, 7) is 2.14. The van der Waals surface area contributed by atoms with Crippen molar-refractivity contribution < 1.29 is 18.7 Å². The number of halogens is 2. The summed E-state index contributed by atoms with van der Waals surface area (Å²) < 4.78 is 26.3. The largest absolute Gasteiger partial charge is 0.393 e. The molecule has 1 fully saturated rings. The lowest BCUT2D eigenvalue weighted by molar-refractivity contribution is -0.129. The number of hydrogen-bond donors (Lipinski definition) is 2. The summed E-state index contributed by atoms with van der Waals surface area (Å²) in [5.41, 5.74) is 1.06. The van der Waals surface area contributed by atoms with Crippen LogP contribution in [-0.4, -0.2) is 29.6 Å². The fourth-order valence-corrected chi connectivity index (χ4v) is 3.14. The van der Waals surface area contributed by atoms with Crippen LogP contribution in [0.5, 0.6) is 0 Å². The highest BCUT2D eigenvalue weighted by Crippen LogP contribution is 2.36. The Kier molecular flexibility index (Phi) is 6.10. The van der Waals surface area contributed by atoms with Gasteiger partial charge in [0.05, 0.1) is 6.10 Å². The second-order valence-corrected chi connectivity index (χ2v) is 6.57. The number of aliphatic hydroxyl groups excluding tert-OH is 1. The average molecular weight is 325 g/mol. The average Bonchev–Trinajstić information content (AvgIpc) is 2.51. The summed E-state index contributed by atoms with van der Waals surface area (Å²) in [6, 6.07) is 9.72. The predicted molar refractivity (Wildman–Crippen MR) is 85.4 cm³/mol. The molecule has 1 saturated carbocycles. The minimum atomic E-state index is -2.62. The zero-order valence-corrected chi connectivity index (χ0v) is 13.5. The maximum absolute atomic E-state index is 13.2. The first kappa shape index (κ1) is 17.9. The molecule has 1 aliphatic rings. The molecule has 23 heavy (non-hydrogen) atoms. The molecule has 2 rings (SSSR count). The molecule has 2 unspecified atom stereocenters. The Morgan fingerprint density at radius 1 is 1.30 bits per heavy atom. The quantitative estimate of drug-likeness (QED) is 0.841. The van der Waals surface area contributed by atoms with Crippen LogP contribution in [-0.2, 0) is 4.79 Å². The normalized spacial score (nSPS) is 20.7. The number of carbonyl (C=O) groups excluding carboxylic acids is 1. The second kappa shape index (κ2) is 7.86. The van der Waals surface area contributed by atoms with Gasteiger partial charge in [-0.3, -0.25) is 4.79 Å². The van der Waals surface area contributed by atoms with Crippen LogP contribution in [0.4, 0.5) is 8.78 Å². The van der Waals surface area contributed by atoms with E-state index in [0.717, 1.165) is 5.56 Å². The molecule has 128 valence electrons. The van der Waals surface area contributed by atoms with Gasteiger partial charge in [0, 0.05) is 31.2 Å². The molecule has 0 saturated heterocycles. The minimum absolute atomic E-state index is 0.0187. The smallest absolute Gasteiger partial charge is 0.248 e. The zero-order chi connectivity index (χ0) is 16.9. The molecule has 1 amide bonds. The van der Waals surface area contributed by atoms with Gasteiger partial charge in [-0.1, -0.05) is 30.3 Å². The van der Waals surface area contributed by atoms with Crippen molar-refractivity contribution in [2.24, 2.45) is 5.92 Å². The molecule has 1 aromatic rings. The van der Waals surface area contributed by atoms with Crippen LogP contribution in [0.2, 0.25) is 0 Å². The van der Waals surface area contributed by atoms with Gasteiger partial charge in [-0.15, -0.1) is 0 Å². The van der Waals surface area contributed by atoms with Crippen LogP contribution in [0.25, 0.3) is 0 Å². The molecule has 2 atom stereocenters. The second-order valence-electron chi connectivity index (χ2n) is 6.57. The van der Waals surface area contributed by atoms with Crippen molar-refractivity contribution in [2.45, 2.75) is 57.0 Å². The number of carbonyl (C=O) groups is 1. The summed E-state index contributed by atoms with van der Waals surface area (Å²) in [7, 11) is 0. The molecular weight excluding hydrogens is 300 g/mol. The highest BCUT2D eigenvalue weighted by Gasteiger charge is 2.37. The lowest BCUT2D eigenvalue weighted by Gasteiger charge is -2.28. The molecule has 0 aliphatic heterocycles. The number of nitrogens with one attached hydrogen (secondary N) is 1. The highest BCUT2D eigenvalue weighted by atomic mass is 19.3. The molecule has 3 nitrogen and oxygen atoms in total. The van der Waals surface area contributed by atoms with Crippen LogP contribution in [0, 0.1) is 5.92 Å². The molecule has 2 N–H and O–H groups in total. The third-order valence-corrected chi connectivity index (χ3v) is 4.51. The van der Waals surface area contributed by atoms with E-state index in [4.69, 9.17) is 0 Å². The Bertz CT molecular complexity index is 495. The highest BCUT2D eigenvalue weighted by molar-refractivity contribution is 5.78. The van der Waals surface area contributed by atoms with Crippen molar-refractivity contribution in [2.75, 3.05) is 6.54 Å². The molecular formula is C18H25F2NO2. The van der Waals surface area contributed by atoms with E-state index in [2.05, 4.69) is 5.32 Å². The van der Waals surface area contributed by atoms with E-state index < -0.39 is 12.0 Å². The molecule has 1 aromatic carbocycles. The van der Waals surface area contributed by atoms with Crippen molar-refractivity contribution in [3.05, 3.63) is 35.9 Å². The summed E-state index contributed by atoms with van der Waals surface area (Å²) in [4.78, 5) is 12.2. The number of rotatable bonds is 6. The number of aliphatic hydroxyl groups is 1. The maximum atomic E-state index is 13.2. The minimum Gasteiger partial charge on any atom is -0.393 e. The van der Waals surface area contributed by atoms with Crippen LogP contribution in [0.3, 0.4) is 0 Å². The van der Waals surface area contributed by atoms with Crippen LogP contribution >= 0.6 is 0 Å². The van der Waals surface area contributed by atoms with Crippen molar-refractivity contribution >= 4 is 5.91 Å². The fourth-order valence-electron chi connectivity index (χ4n) is 3.14. The first-order valence-corrected chi connectivity index (χ1v) is 8.26. The van der Waals surface area contributed by atoms with Gasteiger partial charge in [-0.05, 0) is 31.7 Å². The number of alkyl halides is 2. The van der Waals surface area contributed by atoms with Crippen LogP contribution in [0.15, 0.2) is 30.3 Å². The van der Waals surface area contributed by atoms with Crippen LogP contribution in [0.1, 0.15) is 50.5 Å². The fraction of sp³-hybridized carbons (Fsp3) is 0.611. The third kappa shape index (κ3) is 5.57. The van der Waals surface area contributed by atoms with Gasteiger partial charge < -0.3 is 10.4 Å². The zero-order valence-electron chi connectivity index (χ0n) is 13.5. The molecule has 0 bridgehead atoms. The van der Waals surface area contributed by atoms with E-state index in [0.29, 0.717) is 13.0 Å². The van der Waals surface area contributed by atoms with E-state index in [1.54, 1.807) is 6.92 Å². The Morgan fingerprint density at radius 3 is 2.48 bits per heavy atom. The number of amides is 1. The first-order valence-electron chi connectivity index (χ1n) is 8.26. The van der Waals surface area contributed by atoms with Crippen molar-refractivity contribution in [3.63, 3.8) is 0 Å². The standard InChI is InChI=1S/C18H25F2NO2/c1-13(22)11-16(14-5-3-2-4-6-14)12-21-17(23)15-7-9-18(19,20)10-8-15/h2-6,13,15-16,22H,7-12H2,1H3,(H,21,23). The van der Waals surface area contributed by atoms with Crippen LogP contribution < -0.4 is 5.32 Å². The van der Waals surface area contributed by atoms with E-state index in [1.807, 2.05) is 30.3 Å². The van der Waals surface area contributed by atoms with Crippen molar-refractivity contribution in [1.29, 1.82) is 0 Å². The van der Waals surface area contributed by atoms with Crippen molar-refractivity contribution in [1.82, 2.24) is 5.32 Å². The van der Waals surface area contributed by atoms with E-state index in [9.17, 15) is 18.7 Å². The van der Waals surface area contributed by atoms with Gasteiger partial charge in [-0.2, -0.15) is 0 Å². The molecule has 0 radical (unpaired) electrons. The van der Waals surface area contributed by atoms with E-state index in [1.165, 1.54) is 0 Å². The molecule has 0 heterocycles. The summed E-state index contributed by atoms with van der Waals surface area (Å²) in [5, 5.41) is 12.5. The lowest BCUT2D eigenvalue weighted by atomic mass is 9.86. The molecule has 1 aliphatic carbocycles. The third-order valence-electron chi connectivity index (χ3n) is 4.51. The van der Waals surface area contributed by atoms with Gasteiger partial charge in [-0.25, -0.2) is 8.78 Å². The predicted octanol–water partition coefficient (Wildman–Crippen LogP) is 3.48. The van der Waals surface area contributed by atoms with Gasteiger partial charge in [0.2, 0.25) is 11.8 Å². The molecule has 0 aromatic heterocycles. The lowest BCUT2D eigenvalue weighted by Crippen LogP contribution is -2.38. The number of hydrogen-bond acceptors (Lipinski definition) is 2. The first-order chi connectivity index (χ1) is 10.9. The van der Waals surface area contributed by atoms with Gasteiger partial charge in [0.1, 0.15) is 0 Å². The topological polar surface area (TPSA) is 49.3 Å². The summed E-state index contributed by atoms with van der Waals surface area (Å²) in [6.07, 6.45) is 0.149. The molecule has 0 spiro atoms. The maximum Gasteiger partial charge on any atom is 0.248 e. The van der Waals surface area contributed by atoms with Crippen molar-refractivity contribution in [3.8, 4) is 0 Å². The van der Waals surface area contributed by atoms with E-state index in [-0.39, 0.29) is 43.4 Å². The Labute approximate surface area is 136 Å². The van der Waals surface area contributed by atoms with Gasteiger partial charge in [0.15, 0.2) is 0 Å². The summed E-state index contributed by atoms with van der Waals surface area (Å²) in [5.74, 6) is -3.06. The van der Waals surface area contributed by atoms with E-state index >= 15 is 0 Å².